The van der Waals surface area contributed by atoms with Crippen molar-refractivity contribution in [2.75, 3.05) is 6.54 Å². The van der Waals surface area contributed by atoms with Gasteiger partial charge in [-0.05, 0) is 43.1 Å². The van der Waals surface area contributed by atoms with Crippen LogP contribution in [0, 0.1) is 12.7 Å². The largest absolute Gasteiger partial charge is 0.310 e. The van der Waals surface area contributed by atoms with Crippen LogP contribution < -0.4 is 5.32 Å². The van der Waals surface area contributed by atoms with E-state index in [4.69, 9.17) is 0 Å². The molecule has 0 spiro atoms. The van der Waals surface area contributed by atoms with Crippen molar-refractivity contribution in [1.29, 1.82) is 0 Å². The van der Waals surface area contributed by atoms with Crippen LogP contribution in [0.2, 0.25) is 0 Å². The van der Waals surface area contributed by atoms with Gasteiger partial charge in [0.1, 0.15) is 5.82 Å². The Labute approximate surface area is 83.8 Å². The van der Waals surface area contributed by atoms with Crippen molar-refractivity contribution in [3.63, 3.8) is 0 Å². The molecule has 1 aliphatic heterocycles. The highest BCUT2D eigenvalue weighted by Crippen LogP contribution is 2.25. The van der Waals surface area contributed by atoms with Gasteiger partial charge in [0.2, 0.25) is 0 Å². The maximum atomic E-state index is 12.7. The van der Waals surface area contributed by atoms with E-state index in [9.17, 15) is 4.39 Å². The van der Waals surface area contributed by atoms with Crippen LogP contribution >= 0.6 is 12.4 Å². The zero-order valence-corrected chi connectivity index (χ0v) is 8.33. The molecule has 1 aromatic rings. The summed E-state index contributed by atoms with van der Waals surface area (Å²) in [5.41, 5.74) is 2.29. The summed E-state index contributed by atoms with van der Waals surface area (Å²) in [6.45, 7) is 3.04. The zero-order chi connectivity index (χ0) is 8.55. The lowest BCUT2D eigenvalue weighted by atomic mass is 9.94. The first-order valence-corrected chi connectivity index (χ1v) is 4.27. The van der Waals surface area contributed by atoms with Gasteiger partial charge < -0.3 is 5.32 Å². The van der Waals surface area contributed by atoms with E-state index < -0.39 is 0 Å². The Hall–Kier alpha value is -0.600. The number of benzene rings is 1. The molecular weight excluding hydrogens is 189 g/mol. The summed E-state index contributed by atoms with van der Waals surface area (Å²) < 4.78 is 12.7. The van der Waals surface area contributed by atoms with Crippen LogP contribution in [0.25, 0.3) is 0 Å². The highest BCUT2D eigenvalue weighted by Gasteiger charge is 2.19. The molecule has 2 rings (SSSR count). The minimum atomic E-state index is -0.143. The second-order valence-electron chi connectivity index (χ2n) is 3.30. The summed E-state index contributed by atoms with van der Waals surface area (Å²) >= 11 is 0. The van der Waals surface area contributed by atoms with Crippen molar-refractivity contribution in [2.24, 2.45) is 0 Å². The van der Waals surface area contributed by atoms with Crippen molar-refractivity contribution in [1.82, 2.24) is 5.32 Å². The maximum absolute atomic E-state index is 12.7. The van der Waals surface area contributed by atoms with Gasteiger partial charge in [-0.15, -0.1) is 12.4 Å². The molecule has 1 saturated heterocycles. The molecule has 0 amide bonds. The monoisotopic (exact) mass is 201 g/mol. The van der Waals surface area contributed by atoms with Gasteiger partial charge in [0, 0.05) is 6.04 Å². The maximum Gasteiger partial charge on any atom is 0.123 e. The molecule has 3 heteroatoms. The number of hydrogen-bond donors (Lipinski definition) is 1. The summed E-state index contributed by atoms with van der Waals surface area (Å²) in [7, 11) is 0. The van der Waals surface area contributed by atoms with Gasteiger partial charge in [0.15, 0.2) is 0 Å². The number of rotatable bonds is 1. The molecule has 1 nitrogen and oxygen atoms in total. The standard InChI is InChI=1S/C10H12FN.ClH/c1-7-6-8(11)2-3-9(7)10-4-5-12-10;/h2-3,6,10,12H,4-5H2,1H3;1H/t10-;/m1./s1. The molecule has 1 N–H and O–H groups in total. The number of aryl methyl sites for hydroxylation is 1. The van der Waals surface area contributed by atoms with Crippen molar-refractivity contribution < 1.29 is 4.39 Å². The van der Waals surface area contributed by atoms with E-state index in [1.54, 1.807) is 6.07 Å². The van der Waals surface area contributed by atoms with Crippen LogP contribution in [0.15, 0.2) is 18.2 Å². The summed E-state index contributed by atoms with van der Waals surface area (Å²) in [5, 5.41) is 3.30. The Morgan fingerprint density at radius 3 is 2.62 bits per heavy atom. The number of halogens is 2. The minimum absolute atomic E-state index is 0. The summed E-state index contributed by atoms with van der Waals surface area (Å²) in [6.07, 6.45) is 1.17. The van der Waals surface area contributed by atoms with E-state index in [2.05, 4.69) is 5.32 Å². The lowest BCUT2D eigenvalue weighted by molar-refractivity contribution is 0.381. The van der Waals surface area contributed by atoms with Crippen molar-refractivity contribution in [3.8, 4) is 0 Å². The number of nitrogens with one attached hydrogen (secondary N) is 1. The smallest absolute Gasteiger partial charge is 0.123 e. The molecule has 13 heavy (non-hydrogen) atoms. The Bertz CT molecular complexity index is 297. The molecule has 0 aromatic heterocycles. The highest BCUT2D eigenvalue weighted by molar-refractivity contribution is 5.85. The van der Waals surface area contributed by atoms with Crippen LogP contribution in [0.5, 0.6) is 0 Å². The van der Waals surface area contributed by atoms with Crippen molar-refractivity contribution in [3.05, 3.63) is 35.1 Å². The van der Waals surface area contributed by atoms with E-state index in [1.807, 2.05) is 13.0 Å². The topological polar surface area (TPSA) is 12.0 Å². The Morgan fingerprint density at radius 2 is 2.15 bits per heavy atom. The Balaban J connectivity index is 0.000000845. The fourth-order valence-corrected chi connectivity index (χ4v) is 1.58. The average molecular weight is 202 g/mol. The van der Waals surface area contributed by atoms with Gasteiger partial charge in [-0.25, -0.2) is 4.39 Å². The van der Waals surface area contributed by atoms with Crippen molar-refractivity contribution in [2.45, 2.75) is 19.4 Å². The van der Waals surface area contributed by atoms with Gasteiger partial charge in [0.25, 0.3) is 0 Å². The van der Waals surface area contributed by atoms with Crippen molar-refractivity contribution >= 4 is 12.4 Å². The van der Waals surface area contributed by atoms with Crippen LogP contribution in [0.1, 0.15) is 23.6 Å². The molecular formula is C10H13ClFN. The molecule has 0 radical (unpaired) electrons. The van der Waals surface area contributed by atoms with E-state index in [-0.39, 0.29) is 18.2 Å². The second kappa shape index (κ2) is 4.07. The van der Waals surface area contributed by atoms with E-state index in [0.29, 0.717) is 6.04 Å². The normalized spacial score (nSPS) is 20.3. The van der Waals surface area contributed by atoms with Crippen LogP contribution in [0.3, 0.4) is 0 Å². The molecule has 1 fully saturated rings. The third-order valence-corrected chi connectivity index (χ3v) is 2.43. The van der Waals surface area contributed by atoms with Gasteiger partial charge in [-0.1, -0.05) is 6.07 Å². The lowest BCUT2D eigenvalue weighted by Gasteiger charge is -2.29. The first kappa shape index (κ1) is 10.5. The summed E-state index contributed by atoms with van der Waals surface area (Å²) in [5.74, 6) is -0.143. The Morgan fingerprint density at radius 1 is 1.46 bits per heavy atom. The molecule has 72 valence electrons. The first-order chi connectivity index (χ1) is 5.77. The van der Waals surface area contributed by atoms with Crippen LogP contribution in [-0.2, 0) is 0 Å². The van der Waals surface area contributed by atoms with Gasteiger partial charge >= 0.3 is 0 Å². The quantitative estimate of drug-likeness (QED) is 0.737. The van der Waals surface area contributed by atoms with E-state index in [1.165, 1.54) is 18.1 Å². The van der Waals surface area contributed by atoms with Crippen LogP contribution in [-0.4, -0.2) is 6.54 Å². The molecule has 0 saturated carbocycles. The molecule has 1 heterocycles. The fourth-order valence-electron chi connectivity index (χ4n) is 1.58. The minimum Gasteiger partial charge on any atom is -0.310 e. The molecule has 0 aliphatic carbocycles. The lowest BCUT2D eigenvalue weighted by Crippen LogP contribution is -2.35. The average Bonchev–Trinajstić information content (AvgIpc) is 1.91. The molecule has 0 bridgehead atoms. The van der Waals surface area contributed by atoms with Gasteiger partial charge in [0.05, 0.1) is 0 Å². The predicted molar refractivity (Wildman–Crippen MR) is 53.7 cm³/mol. The second-order valence-corrected chi connectivity index (χ2v) is 3.30. The van der Waals surface area contributed by atoms with E-state index in [0.717, 1.165) is 12.1 Å². The summed E-state index contributed by atoms with van der Waals surface area (Å²) in [4.78, 5) is 0. The molecule has 0 unspecified atom stereocenters. The van der Waals surface area contributed by atoms with Crippen LogP contribution in [0.4, 0.5) is 4.39 Å². The van der Waals surface area contributed by atoms with Gasteiger partial charge in [-0.2, -0.15) is 0 Å². The number of hydrogen-bond acceptors (Lipinski definition) is 1. The third-order valence-electron chi connectivity index (χ3n) is 2.43. The molecule has 1 aromatic carbocycles. The fraction of sp³-hybridized carbons (Fsp3) is 0.400. The third kappa shape index (κ3) is 2.01. The Kier molecular flexibility index (Phi) is 3.28. The summed E-state index contributed by atoms with van der Waals surface area (Å²) in [6, 6.07) is 5.46. The molecule has 1 aliphatic rings. The zero-order valence-electron chi connectivity index (χ0n) is 7.51. The molecule has 1 atom stereocenters. The van der Waals surface area contributed by atoms with Gasteiger partial charge in [-0.3, -0.25) is 0 Å². The highest BCUT2D eigenvalue weighted by atomic mass is 35.5. The van der Waals surface area contributed by atoms with E-state index >= 15 is 0 Å². The first-order valence-electron chi connectivity index (χ1n) is 4.27. The predicted octanol–water partition coefficient (Wildman–Crippen LogP) is 2.59. The SMILES string of the molecule is Cc1cc(F)ccc1[C@H]1CCN1.Cl.